The molecule has 0 unspecified atom stereocenters. The predicted octanol–water partition coefficient (Wildman–Crippen LogP) is 5.49. The molecule has 0 aliphatic carbocycles. The van der Waals surface area contributed by atoms with E-state index in [1.165, 1.54) is 0 Å². The number of rotatable bonds is 4. The van der Waals surface area contributed by atoms with Crippen LogP contribution in [-0.4, -0.2) is 10.4 Å². The number of carbonyl (C=O) groups excluding carboxylic acids is 1. The van der Waals surface area contributed by atoms with Gasteiger partial charge in [0.15, 0.2) is 5.78 Å². The fourth-order valence-corrected chi connectivity index (χ4v) is 3.20. The Morgan fingerprint density at radius 2 is 1.85 bits per heavy atom. The second kappa shape index (κ2) is 6.15. The Kier molecular flexibility index (Phi) is 4.71. The summed E-state index contributed by atoms with van der Waals surface area (Å²) in [7, 11) is 0. The van der Waals surface area contributed by atoms with Crippen molar-refractivity contribution in [2.24, 2.45) is 0 Å². The lowest BCUT2D eigenvalue weighted by molar-refractivity contribution is 0.0978. The first-order valence-corrected chi connectivity index (χ1v) is 7.86. The molecule has 20 heavy (non-hydrogen) atoms. The van der Waals surface area contributed by atoms with Crippen LogP contribution in [0, 0.1) is 6.92 Å². The van der Waals surface area contributed by atoms with Gasteiger partial charge in [-0.05, 0) is 53.0 Å². The third-order valence-corrected chi connectivity index (χ3v) is 4.67. The van der Waals surface area contributed by atoms with Crippen LogP contribution in [0.5, 0.6) is 0 Å². The van der Waals surface area contributed by atoms with Gasteiger partial charge in [0.2, 0.25) is 0 Å². The molecule has 2 aromatic rings. The van der Waals surface area contributed by atoms with Gasteiger partial charge in [0.25, 0.3) is 0 Å². The van der Waals surface area contributed by atoms with Crippen LogP contribution in [0.25, 0.3) is 11.3 Å². The first-order valence-electron chi connectivity index (χ1n) is 6.68. The molecule has 0 bridgehead atoms. The van der Waals surface area contributed by atoms with Crippen LogP contribution in [0.2, 0.25) is 5.02 Å². The number of halogens is 2. The molecule has 106 valence electrons. The van der Waals surface area contributed by atoms with Gasteiger partial charge in [-0.3, -0.25) is 4.79 Å². The van der Waals surface area contributed by atoms with E-state index in [1.54, 1.807) is 0 Å². The molecule has 2 rings (SSSR count). The number of aromatic nitrogens is 1. The van der Waals surface area contributed by atoms with E-state index in [1.807, 2.05) is 38.1 Å². The van der Waals surface area contributed by atoms with Gasteiger partial charge in [-0.15, -0.1) is 0 Å². The van der Waals surface area contributed by atoms with Gasteiger partial charge in [0.05, 0.1) is 11.4 Å². The highest BCUT2D eigenvalue weighted by Crippen LogP contribution is 2.35. The van der Waals surface area contributed by atoms with Gasteiger partial charge < -0.3 is 4.57 Å². The van der Waals surface area contributed by atoms with Gasteiger partial charge in [-0.25, -0.2) is 0 Å². The third kappa shape index (κ3) is 2.57. The molecular formula is C16H17BrClNO. The minimum atomic E-state index is 0.155. The maximum absolute atomic E-state index is 12.2. The zero-order chi connectivity index (χ0) is 14.9. The maximum atomic E-state index is 12.2. The number of hydrogen-bond donors (Lipinski definition) is 0. The van der Waals surface area contributed by atoms with Crippen molar-refractivity contribution in [3.8, 4) is 11.3 Å². The molecule has 1 aromatic carbocycles. The fraction of sp³-hybridized carbons (Fsp3) is 0.312. The van der Waals surface area contributed by atoms with Crippen molar-refractivity contribution in [3.63, 3.8) is 0 Å². The van der Waals surface area contributed by atoms with E-state index >= 15 is 0 Å². The lowest BCUT2D eigenvalue weighted by Gasteiger charge is -2.11. The molecule has 0 fully saturated rings. The second-order valence-electron chi connectivity index (χ2n) is 4.66. The molecule has 4 heteroatoms. The number of hydrogen-bond acceptors (Lipinski definition) is 1. The molecule has 2 nitrogen and oxygen atoms in total. The molecule has 1 aromatic heterocycles. The molecule has 0 saturated carbocycles. The summed E-state index contributed by atoms with van der Waals surface area (Å²) in [5, 5.41) is 0.713. The zero-order valence-electron chi connectivity index (χ0n) is 11.8. The van der Waals surface area contributed by atoms with E-state index < -0.39 is 0 Å². The summed E-state index contributed by atoms with van der Waals surface area (Å²) >= 11 is 9.53. The van der Waals surface area contributed by atoms with E-state index in [2.05, 4.69) is 27.4 Å². The van der Waals surface area contributed by atoms with Gasteiger partial charge in [-0.1, -0.05) is 30.7 Å². The average Bonchev–Trinajstić information content (AvgIpc) is 2.71. The lowest BCUT2D eigenvalue weighted by Crippen LogP contribution is -2.08. The number of benzene rings is 1. The standard InChI is InChI=1S/C16H17BrClNO/c1-4-13(20)16-14(17)10(3)15(19(16)5-2)11-6-8-12(18)9-7-11/h6-9H,4-5H2,1-3H3. The number of Topliss-reactive ketones (excluding diaryl/α,β-unsaturated/α-hetero) is 1. The van der Waals surface area contributed by atoms with E-state index in [9.17, 15) is 4.79 Å². The van der Waals surface area contributed by atoms with Gasteiger partial charge >= 0.3 is 0 Å². The highest BCUT2D eigenvalue weighted by Gasteiger charge is 2.22. The highest BCUT2D eigenvalue weighted by molar-refractivity contribution is 9.10. The molecule has 0 aliphatic heterocycles. The van der Waals surface area contributed by atoms with Crippen molar-refractivity contribution in [2.45, 2.75) is 33.7 Å². The van der Waals surface area contributed by atoms with Gasteiger partial charge in [-0.2, -0.15) is 0 Å². The van der Waals surface area contributed by atoms with Gasteiger partial charge in [0.1, 0.15) is 0 Å². The van der Waals surface area contributed by atoms with Crippen molar-refractivity contribution in [2.75, 3.05) is 0 Å². The second-order valence-corrected chi connectivity index (χ2v) is 5.89. The lowest BCUT2D eigenvalue weighted by atomic mass is 10.1. The first-order chi connectivity index (χ1) is 9.51. The average molecular weight is 355 g/mol. The first kappa shape index (κ1) is 15.3. The number of ketones is 1. The van der Waals surface area contributed by atoms with Crippen LogP contribution >= 0.6 is 27.5 Å². The summed E-state index contributed by atoms with van der Waals surface area (Å²) in [5.41, 5.74) is 4.00. The molecule has 0 saturated heterocycles. The van der Waals surface area contributed by atoms with Crippen molar-refractivity contribution < 1.29 is 4.79 Å². The Balaban J connectivity index is 2.70. The van der Waals surface area contributed by atoms with Crippen LogP contribution in [-0.2, 0) is 6.54 Å². The molecule has 0 aliphatic rings. The van der Waals surface area contributed by atoms with Crippen LogP contribution in [0.3, 0.4) is 0 Å². The Bertz CT molecular complexity index is 643. The SMILES string of the molecule is CCC(=O)c1c(Br)c(C)c(-c2ccc(Cl)cc2)n1CC. The van der Waals surface area contributed by atoms with Crippen molar-refractivity contribution in [1.82, 2.24) is 4.57 Å². The van der Waals surface area contributed by atoms with Crippen LogP contribution in [0.1, 0.15) is 36.3 Å². The summed E-state index contributed by atoms with van der Waals surface area (Å²) in [6.45, 7) is 6.73. The summed E-state index contributed by atoms with van der Waals surface area (Å²) in [6.07, 6.45) is 0.502. The Morgan fingerprint density at radius 3 is 2.35 bits per heavy atom. The Hall–Kier alpha value is -1.06. The van der Waals surface area contributed by atoms with Gasteiger partial charge in [0, 0.05) is 22.5 Å². The van der Waals surface area contributed by atoms with E-state index in [-0.39, 0.29) is 5.78 Å². The predicted molar refractivity (Wildman–Crippen MR) is 87.6 cm³/mol. The number of carbonyl (C=O) groups is 1. The highest BCUT2D eigenvalue weighted by atomic mass is 79.9. The Morgan fingerprint density at radius 1 is 1.25 bits per heavy atom. The molecule has 0 spiro atoms. The molecule has 0 radical (unpaired) electrons. The number of nitrogens with zero attached hydrogens (tertiary/aromatic N) is 1. The topological polar surface area (TPSA) is 22.0 Å². The zero-order valence-corrected chi connectivity index (χ0v) is 14.2. The molecule has 0 N–H and O–H groups in total. The van der Waals surface area contributed by atoms with E-state index in [0.29, 0.717) is 11.4 Å². The summed E-state index contributed by atoms with van der Waals surface area (Å²) in [5.74, 6) is 0.155. The largest absolute Gasteiger partial charge is 0.337 e. The third-order valence-electron chi connectivity index (χ3n) is 3.45. The van der Waals surface area contributed by atoms with Crippen molar-refractivity contribution in [3.05, 3.63) is 45.0 Å². The smallest absolute Gasteiger partial charge is 0.180 e. The summed E-state index contributed by atoms with van der Waals surface area (Å²) < 4.78 is 2.98. The normalized spacial score (nSPS) is 10.8. The monoisotopic (exact) mass is 353 g/mol. The molecular weight excluding hydrogens is 338 g/mol. The Labute approximate surface area is 132 Å². The molecule has 1 heterocycles. The summed E-state index contributed by atoms with van der Waals surface area (Å²) in [6, 6.07) is 7.73. The van der Waals surface area contributed by atoms with Crippen LogP contribution in [0.4, 0.5) is 0 Å². The van der Waals surface area contributed by atoms with Crippen LogP contribution in [0.15, 0.2) is 28.7 Å². The van der Waals surface area contributed by atoms with Crippen molar-refractivity contribution in [1.29, 1.82) is 0 Å². The minimum Gasteiger partial charge on any atom is -0.337 e. The minimum absolute atomic E-state index is 0.155. The molecule has 0 atom stereocenters. The van der Waals surface area contributed by atoms with Crippen molar-refractivity contribution >= 4 is 33.3 Å². The van der Waals surface area contributed by atoms with E-state index in [4.69, 9.17) is 11.6 Å². The van der Waals surface area contributed by atoms with Crippen LogP contribution < -0.4 is 0 Å². The van der Waals surface area contributed by atoms with E-state index in [0.717, 1.165) is 33.5 Å². The fourth-order valence-electron chi connectivity index (χ4n) is 2.45. The summed E-state index contributed by atoms with van der Waals surface area (Å²) in [4.78, 5) is 12.2. The quantitative estimate of drug-likeness (QED) is 0.665. The maximum Gasteiger partial charge on any atom is 0.180 e. The molecule has 0 amide bonds.